The molecule has 1 saturated carbocycles. The third-order valence-corrected chi connectivity index (χ3v) is 5.42. The van der Waals surface area contributed by atoms with Gasteiger partial charge >= 0.3 is 5.97 Å². The zero-order valence-corrected chi connectivity index (χ0v) is 18.4. The van der Waals surface area contributed by atoms with Gasteiger partial charge in [0.1, 0.15) is 11.8 Å². The van der Waals surface area contributed by atoms with Gasteiger partial charge in [-0.05, 0) is 49.9 Å². The molecule has 30 heavy (non-hydrogen) atoms. The van der Waals surface area contributed by atoms with Crippen LogP contribution >= 0.6 is 0 Å². The van der Waals surface area contributed by atoms with Crippen molar-refractivity contribution in [2.24, 2.45) is 5.92 Å². The Hall–Kier alpha value is -2.57. The summed E-state index contributed by atoms with van der Waals surface area (Å²) in [4.78, 5) is 37.7. The van der Waals surface area contributed by atoms with E-state index in [1.54, 1.807) is 38.3 Å². The molecule has 1 aliphatic carbocycles. The number of amides is 2. The molecule has 0 bridgehead atoms. The monoisotopic (exact) mass is 418 g/mol. The van der Waals surface area contributed by atoms with Gasteiger partial charge in [0.25, 0.3) is 11.8 Å². The Morgan fingerprint density at radius 1 is 0.967 bits per heavy atom. The lowest BCUT2D eigenvalue weighted by Gasteiger charge is -2.24. The lowest BCUT2D eigenvalue weighted by molar-refractivity contribution is -0.157. The highest BCUT2D eigenvalue weighted by Crippen LogP contribution is 2.18. The molecule has 2 N–H and O–H groups in total. The van der Waals surface area contributed by atoms with Gasteiger partial charge in [-0.3, -0.25) is 9.59 Å². The van der Waals surface area contributed by atoms with E-state index in [-0.39, 0.29) is 23.8 Å². The van der Waals surface area contributed by atoms with Gasteiger partial charge in [0.05, 0.1) is 7.11 Å². The zero-order chi connectivity index (χ0) is 22.1. The van der Waals surface area contributed by atoms with Crippen LogP contribution in [0.25, 0.3) is 0 Å². The van der Waals surface area contributed by atoms with Gasteiger partial charge in [-0.15, -0.1) is 0 Å². The van der Waals surface area contributed by atoms with E-state index < -0.39 is 18.1 Å². The summed E-state index contributed by atoms with van der Waals surface area (Å²) < 4.78 is 10.5. The van der Waals surface area contributed by atoms with E-state index in [4.69, 9.17) is 9.47 Å². The number of benzene rings is 1. The molecule has 7 nitrogen and oxygen atoms in total. The van der Waals surface area contributed by atoms with E-state index in [0.717, 1.165) is 25.7 Å². The minimum atomic E-state index is -0.917. The summed E-state index contributed by atoms with van der Waals surface area (Å²) in [5, 5.41) is 5.71. The van der Waals surface area contributed by atoms with Crippen LogP contribution in [-0.4, -0.2) is 43.1 Å². The Bertz CT molecular complexity index is 709. The van der Waals surface area contributed by atoms with Crippen LogP contribution in [0.3, 0.4) is 0 Å². The van der Waals surface area contributed by atoms with Crippen LogP contribution in [0.4, 0.5) is 0 Å². The summed E-state index contributed by atoms with van der Waals surface area (Å²) in [5.74, 6) is -0.852. The first-order valence-electron chi connectivity index (χ1n) is 10.8. The zero-order valence-electron chi connectivity index (χ0n) is 18.4. The molecule has 0 radical (unpaired) electrons. The van der Waals surface area contributed by atoms with Gasteiger partial charge in [-0.2, -0.15) is 0 Å². The fourth-order valence-electron chi connectivity index (χ4n) is 3.51. The smallest absolute Gasteiger partial charge is 0.329 e. The van der Waals surface area contributed by atoms with Crippen molar-refractivity contribution < 1.29 is 23.9 Å². The summed E-state index contributed by atoms with van der Waals surface area (Å²) in [7, 11) is 1.55. The van der Waals surface area contributed by atoms with Crippen LogP contribution in [0.15, 0.2) is 24.3 Å². The van der Waals surface area contributed by atoms with Crippen molar-refractivity contribution in [3.63, 3.8) is 0 Å². The number of ether oxygens (including phenoxy) is 2. The molecular weight excluding hydrogens is 384 g/mol. The summed E-state index contributed by atoms with van der Waals surface area (Å²) >= 11 is 0. The number of rotatable bonds is 8. The molecule has 166 valence electrons. The van der Waals surface area contributed by atoms with Gasteiger partial charge in [-0.25, -0.2) is 4.79 Å². The maximum absolute atomic E-state index is 12.7. The molecule has 1 aromatic carbocycles. The average molecular weight is 419 g/mol. The van der Waals surface area contributed by atoms with Gasteiger partial charge in [-0.1, -0.05) is 39.5 Å². The van der Waals surface area contributed by atoms with Crippen LogP contribution in [0.1, 0.15) is 69.7 Å². The molecule has 0 aromatic heterocycles. The van der Waals surface area contributed by atoms with Crippen molar-refractivity contribution in [1.82, 2.24) is 10.6 Å². The Kier molecular flexibility index (Phi) is 9.15. The Morgan fingerprint density at radius 2 is 1.57 bits per heavy atom. The van der Waals surface area contributed by atoms with Crippen molar-refractivity contribution in [3.05, 3.63) is 29.8 Å². The number of carbonyl (C=O) groups is 3. The topological polar surface area (TPSA) is 93.7 Å². The molecule has 2 atom stereocenters. The fraction of sp³-hybridized carbons (Fsp3) is 0.609. The molecular formula is C23H34N2O5. The minimum Gasteiger partial charge on any atom is -0.497 e. The lowest BCUT2D eigenvalue weighted by atomic mass is 10.0. The van der Waals surface area contributed by atoms with Crippen molar-refractivity contribution in [1.29, 1.82) is 0 Å². The first kappa shape index (κ1) is 23.7. The molecule has 0 unspecified atom stereocenters. The maximum atomic E-state index is 12.7. The molecule has 2 rings (SSSR count). The van der Waals surface area contributed by atoms with Gasteiger partial charge in [0.2, 0.25) is 0 Å². The molecule has 0 spiro atoms. The molecule has 1 fully saturated rings. The van der Waals surface area contributed by atoms with E-state index in [0.29, 0.717) is 11.3 Å². The highest BCUT2D eigenvalue weighted by molar-refractivity contribution is 5.97. The van der Waals surface area contributed by atoms with Crippen molar-refractivity contribution in [2.45, 2.75) is 77.5 Å². The van der Waals surface area contributed by atoms with E-state index in [9.17, 15) is 14.4 Å². The van der Waals surface area contributed by atoms with Gasteiger partial charge in [0.15, 0.2) is 6.10 Å². The molecule has 2 amide bonds. The number of methoxy groups -OCH3 is 1. The van der Waals surface area contributed by atoms with Crippen molar-refractivity contribution in [3.8, 4) is 5.75 Å². The van der Waals surface area contributed by atoms with E-state index in [1.165, 1.54) is 12.8 Å². The van der Waals surface area contributed by atoms with Crippen LogP contribution in [0.2, 0.25) is 0 Å². The molecule has 1 aromatic rings. The highest BCUT2D eigenvalue weighted by Gasteiger charge is 2.30. The predicted molar refractivity (Wildman–Crippen MR) is 114 cm³/mol. The summed E-state index contributed by atoms with van der Waals surface area (Å²) in [6, 6.07) is 5.89. The number of hydrogen-bond donors (Lipinski definition) is 2. The third-order valence-electron chi connectivity index (χ3n) is 5.42. The van der Waals surface area contributed by atoms with Crippen LogP contribution < -0.4 is 15.4 Å². The second-order valence-corrected chi connectivity index (χ2v) is 8.20. The number of carbonyl (C=O) groups excluding carboxylic acids is 3. The molecule has 0 aliphatic heterocycles. The maximum Gasteiger partial charge on any atom is 0.329 e. The summed E-state index contributed by atoms with van der Waals surface area (Å²) in [6.07, 6.45) is 5.59. The number of nitrogens with one attached hydrogen (secondary N) is 2. The van der Waals surface area contributed by atoms with Crippen LogP contribution in [0.5, 0.6) is 5.75 Å². The molecule has 0 saturated heterocycles. The normalized spacial score (nSPS) is 16.8. The minimum absolute atomic E-state index is 0.136. The number of hydrogen-bond acceptors (Lipinski definition) is 5. The Labute approximate surface area is 178 Å². The van der Waals surface area contributed by atoms with Gasteiger partial charge < -0.3 is 20.1 Å². The first-order valence-corrected chi connectivity index (χ1v) is 10.8. The summed E-state index contributed by atoms with van der Waals surface area (Å²) in [5.41, 5.74) is 0.411. The average Bonchev–Trinajstić information content (AvgIpc) is 3.00. The standard InChI is InChI=1S/C23H34N2O5/c1-15(2)20(25-22(27)17-11-13-19(29-4)14-12-17)23(28)30-16(3)21(26)24-18-9-7-5-6-8-10-18/h11-16,18,20H,5-10H2,1-4H3,(H,24,26)(H,25,27)/t16-,20+/m1/s1. The third kappa shape index (κ3) is 7.04. The lowest BCUT2D eigenvalue weighted by Crippen LogP contribution is -2.48. The van der Waals surface area contributed by atoms with E-state index in [1.807, 2.05) is 13.8 Å². The van der Waals surface area contributed by atoms with Crippen LogP contribution in [-0.2, 0) is 14.3 Å². The second kappa shape index (κ2) is 11.6. The molecule has 7 heteroatoms. The highest BCUT2D eigenvalue weighted by atomic mass is 16.5. The van der Waals surface area contributed by atoms with Crippen molar-refractivity contribution in [2.75, 3.05) is 7.11 Å². The van der Waals surface area contributed by atoms with E-state index >= 15 is 0 Å². The molecule has 0 heterocycles. The second-order valence-electron chi connectivity index (χ2n) is 8.20. The largest absolute Gasteiger partial charge is 0.497 e. The van der Waals surface area contributed by atoms with Gasteiger partial charge in [0, 0.05) is 11.6 Å². The Morgan fingerprint density at radius 3 is 2.10 bits per heavy atom. The van der Waals surface area contributed by atoms with Crippen molar-refractivity contribution >= 4 is 17.8 Å². The fourth-order valence-corrected chi connectivity index (χ4v) is 3.51. The van der Waals surface area contributed by atoms with Crippen LogP contribution in [0, 0.1) is 5.92 Å². The molecule has 1 aliphatic rings. The predicted octanol–water partition coefficient (Wildman–Crippen LogP) is 3.22. The Balaban J connectivity index is 1.93. The SMILES string of the molecule is COc1ccc(C(=O)N[C@H](C(=O)O[C@H](C)C(=O)NC2CCCCCC2)C(C)C)cc1. The quantitative estimate of drug-likeness (QED) is 0.499. The summed E-state index contributed by atoms with van der Waals surface area (Å²) in [6.45, 7) is 5.19. The first-order chi connectivity index (χ1) is 14.3. The van der Waals surface area contributed by atoms with E-state index in [2.05, 4.69) is 10.6 Å². The number of esters is 1.